The second-order valence-corrected chi connectivity index (χ2v) is 7.87. The van der Waals surface area contributed by atoms with Gasteiger partial charge in [-0.15, -0.1) is 0 Å². The molecule has 0 fully saturated rings. The fourth-order valence-electron chi connectivity index (χ4n) is 4.64. The number of carbonyl (C=O) groups is 1. The van der Waals surface area contributed by atoms with E-state index in [9.17, 15) is 9.90 Å². The SMILES string of the molecule is CC12ON(C(=O)Nc3ccc(CO)cc3)C(C)(c3ccccc31)c1ccccc12. The van der Waals surface area contributed by atoms with Crippen LogP contribution in [0, 0.1) is 0 Å². The van der Waals surface area contributed by atoms with Crippen LogP contribution < -0.4 is 5.32 Å². The van der Waals surface area contributed by atoms with E-state index in [4.69, 9.17) is 4.84 Å². The van der Waals surface area contributed by atoms with Crippen molar-refractivity contribution in [3.05, 3.63) is 101 Å². The quantitative estimate of drug-likeness (QED) is 0.682. The molecule has 0 unspecified atom stereocenters. The molecule has 5 nitrogen and oxygen atoms in total. The second-order valence-electron chi connectivity index (χ2n) is 7.87. The van der Waals surface area contributed by atoms with Crippen molar-refractivity contribution in [3.63, 3.8) is 0 Å². The molecule has 2 bridgehead atoms. The first-order chi connectivity index (χ1) is 14.0. The number of nitrogens with zero attached hydrogens (tertiary/aromatic N) is 1. The monoisotopic (exact) mass is 386 g/mol. The predicted octanol–water partition coefficient (Wildman–Crippen LogP) is 4.50. The highest BCUT2D eigenvalue weighted by Gasteiger charge is 2.58. The molecule has 5 heteroatoms. The highest BCUT2D eigenvalue weighted by atomic mass is 16.7. The van der Waals surface area contributed by atoms with Crippen LogP contribution in [0.1, 0.15) is 41.7 Å². The minimum absolute atomic E-state index is 0.0343. The average Bonchev–Trinajstić information content (AvgIpc) is 2.76. The first-order valence-electron chi connectivity index (χ1n) is 9.68. The summed E-state index contributed by atoms with van der Waals surface area (Å²) in [6.45, 7) is 4.00. The van der Waals surface area contributed by atoms with Crippen LogP contribution in [0.3, 0.4) is 0 Å². The lowest BCUT2D eigenvalue weighted by Gasteiger charge is -2.57. The van der Waals surface area contributed by atoms with Gasteiger partial charge in [0.1, 0.15) is 11.1 Å². The molecule has 0 aromatic heterocycles. The molecule has 3 aromatic rings. The van der Waals surface area contributed by atoms with E-state index in [0.29, 0.717) is 5.69 Å². The van der Waals surface area contributed by atoms with Crippen molar-refractivity contribution >= 4 is 11.7 Å². The molecule has 6 rings (SSSR count). The van der Waals surface area contributed by atoms with Gasteiger partial charge in [-0.25, -0.2) is 4.79 Å². The average molecular weight is 386 g/mol. The smallest absolute Gasteiger partial charge is 0.346 e. The summed E-state index contributed by atoms with van der Waals surface area (Å²) in [5.41, 5.74) is 4.24. The van der Waals surface area contributed by atoms with Gasteiger partial charge in [-0.2, -0.15) is 5.06 Å². The zero-order valence-electron chi connectivity index (χ0n) is 16.3. The molecule has 0 radical (unpaired) electrons. The summed E-state index contributed by atoms with van der Waals surface area (Å²) >= 11 is 0. The lowest BCUT2D eigenvalue weighted by Crippen LogP contribution is -2.62. The zero-order valence-corrected chi connectivity index (χ0v) is 16.3. The third kappa shape index (κ3) is 2.38. The van der Waals surface area contributed by atoms with Crippen LogP contribution in [0.4, 0.5) is 10.5 Å². The lowest BCUT2D eigenvalue weighted by atomic mass is 9.65. The molecular formula is C24H22N2O3. The number of anilines is 1. The van der Waals surface area contributed by atoms with Gasteiger partial charge in [0, 0.05) is 5.69 Å². The number of hydrogen-bond donors (Lipinski definition) is 2. The summed E-state index contributed by atoms with van der Waals surface area (Å²) < 4.78 is 0. The van der Waals surface area contributed by atoms with E-state index in [2.05, 4.69) is 29.6 Å². The van der Waals surface area contributed by atoms with Crippen LogP contribution in [0.25, 0.3) is 0 Å². The van der Waals surface area contributed by atoms with Gasteiger partial charge in [0.15, 0.2) is 0 Å². The number of nitrogens with one attached hydrogen (secondary N) is 1. The van der Waals surface area contributed by atoms with Gasteiger partial charge in [-0.1, -0.05) is 60.7 Å². The fourth-order valence-corrected chi connectivity index (χ4v) is 4.64. The van der Waals surface area contributed by atoms with Crippen LogP contribution in [-0.4, -0.2) is 16.2 Å². The Hall–Kier alpha value is -3.15. The molecule has 2 aliphatic heterocycles. The number of aliphatic hydroxyl groups excluding tert-OH is 1. The Morgan fingerprint density at radius 1 is 0.897 bits per heavy atom. The molecule has 2 amide bonds. The summed E-state index contributed by atoms with van der Waals surface area (Å²) in [6, 6.07) is 23.1. The van der Waals surface area contributed by atoms with Gasteiger partial charge in [0.05, 0.1) is 6.61 Å². The molecule has 3 aromatic carbocycles. The van der Waals surface area contributed by atoms with Crippen LogP contribution >= 0.6 is 0 Å². The number of hydroxylamine groups is 2. The molecule has 0 atom stereocenters. The van der Waals surface area contributed by atoms with Crippen molar-refractivity contribution in [2.75, 3.05) is 5.32 Å². The molecule has 2 N–H and O–H groups in total. The van der Waals surface area contributed by atoms with Crippen LogP contribution in [0.5, 0.6) is 0 Å². The summed E-state index contributed by atoms with van der Waals surface area (Å²) in [6.07, 6.45) is 0. The number of hydrogen-bond acceptors (Lipinski definition) is 3. The maximum atomic E-state index is 13.3. The van der Waals surface area contributed by atoms with Crippen molar-refractivity contribution in [1.82, 2.24) is 5.06 Å². The van der Waals surface area contributed by atoms with Crippen LogP contribution in [0.2, 0.25) is 0 Å². The first-order valence-corrected chi connectivity index (χ1v) is 9.68. The molecular weight excluding hydrogens is 364 g/mol. The molecule has 1 aliphatic carbocycles. The molecule has 29 heavy (non-hydrogen) atoms. The van der Waals surface area contributed by atoms with Gasteiger partial charge >= 0.3 is 6.03 Å². The molecule has 0 saturated carbocycles. The Bertz CT molecular complexity index is 1060. The predicted molar refractivity (Wildman–Crippen MR) is 110 cm³/mol. The van der Waals surface area contributed by atoms with E-state index in [-0.39, 0.29) is 12.6 Å². The second kappa shape index (κ2) is 6.17. The number of aliphatic hydroxyl groups is 1. The topological polar surface area (TPSA) is 61.8 Å². The molecule has 0 saturated heterocycles. The minimum atomic E-state index is -0.750. The summed E-state index contributed by atoms with van der Waals surface area (Å²) in [4.78, 5) is 19.7. The van der Waals surface area contributed by atoms with Crippen molar-refractivity contribution in [1.29, 1.82) is 0 Å². The van der Waals surface area contributed by atoms with Gasteiger partial charge < -0.3 is 10.4 Å². The van der Waals surface area contributed by atoms with E-state index in [1.165, 1.54) is 5.06 Å². The minimum Gasteiger partial charge on any atom is -0.392 e. The van der Waals surface area contributed by atoms with Crippen LogP contribution in [-0.2, 0) is 22.6 Å². The van der Waals surface area contributed by atoms with Crippen molar-refractivity contribution in [2.24, 2.45) is 0 Å². The lowest BCUT2D eigenvalue weighted by molar-refractivity contribution is -0.260. The Kier molecular flexibility index (Phi) is 3.81. The van der Waals surface area contributed by atoms with Gasteiger partial charge in [-0.05, 0) is 53.8 Å². The van der Waals surface area contributed by atoms with Gasteiger partial charge in [-0.3, -0.25) is 4.84 Å². The van der Waals surface area contributed by atoms with Crippen LogP contribution in [0.15, 0.2) is 72.8 Å². The largest absolute Gasteiger partial charge is 0.392 e. The summed E-state index contributed by atoms with van der Waals surface area (Å²) in [5, 5.41) is 13.6. The van der Waals surface area contributed by atoms with E-state index in [1.807, 2.05) is 38.1 Å². The third-order valence-electron chi connectivity index (χ3n) is 6.18. The normalized spacial score (nSPS) is 24.0. The van der Waals surface area contributed by atoms with Gasteiger partial charge in [0.2, 0.25) is 0 Å². The molecule has 3 aliphatic rings. The standard InChI is InChI=1S/C24H22N2O3/c1-23-18-7-3-5-9-20(18)24(2,21-10-6-4-8-19(21)23)29-26(23)22(28)25-17-13-11-16(15-27)12-14-17/h3-14,27H,15H2,1-2H3,(H,25,28). The first kappa shape index (κ1) is 17.9. The molecule has 146 valence electrons. The van der Waals surface area contributed by atoms with Crippen molar-refractivity contribution in [2.45, 2.75) is 31.6 Å². The summed E-state index contributed by atoms with van der Waals surface area (Å²) in [5.74, 6) is 0. The number of carbonyl (C=O) groups excluding carboxylic acids is 1. The van der Waals surface area contributed by atoms with E-state index >= 15 is 0 Å². The summed E-state index contributed by atoms with van der Waals surface area (Å²) in [7, 11) is 0. The Morgan fingerprint density at radius 3 is 1.93 bits per heavy atom. The van der Waals surface area contributed by atoms with Crippen molar-refractivity contribution in [3.8, 4) is 0 Å². The van der Waals surface area contributed by atoms with Crippen molar-refractivity contribution < 1.29 is 14.7 Å². The molecule has 0 spiro atoms. The van der Waals surface area contributed by atoms with E-state index in [0.717, 1.165) is 27.8 Å². The number of fused-ring (bicyclic) bond motifs is 1. The van der Waals surface area contributed by atoms with E-state index in [1.54, 1.807) is 24.3 Å². The third-order valence-corrected chi connectivity index (χ3v) is 6.18. The van der Waals surface area contributed by atoms with E-state index < -0.39 is 11.1 Å². The Morgan fingerprint density at radius 2 is 1.41 bits per heavy atom. The Balaban J connectivity index is 1.60. The number of amides is 2. The Labute approximate surface area is 169 Å². The number of rotatable bonds is 2. The highest BCUT2D eigenvalue weighted by molar-refractivity contribution is 5.90. The maximum absolute atomic E-state index is 13.3. The number of benzene rings is 3. The fraction of sp³-hybridized carbons (Fsp3) is 0.208. The molecule has 2 heterocycles. The van der Waals surface area contributed by atoms with Gasteiger partial charge in [0.25, 0.3) is 0 Å². The maximum Gasteiger partial charge on any atom is 0.346 e. The zero-order chi connectivity index (χ0) is 20.2. The number of urea groups is 1. The highest BCUT2D eigenvalue weighted by Crippen LogP contribution is 2.57.